The van der Waals surface area contributed by atoms with E-state index in [1.807, 2.05) is 0 Å². The fourth-order valence-electron chi connectivity index (χ4n) is 3.89. The van der Waals surface area contributed by atoms with Gasteiger partial charge in [0.2, 0.25) is 11.9 Å². The van der Waals surface area contributed by atoms with Crippen LogP contribution in [0.3, 0.4) is 0 Å². The first-order chi connectivity index (χ1) is 16.4. The largest absolute Gasteiger partial charge is 0.465 e. The maximum absolute atomic E-state index is 15.0. The van der Waals surface area contributed by atoms with E-state index in [-0.39, 0.29) is 16.9 Å². The Hall–Kier alpha value is -4.27. The highest BCUT2D eigenvalue weighted by atomic mass is 19.1. The monoisotopic (exact) mass is 464 g/mol. The Labute approximate surface area is 193 Å². The molecule has 3 aromatic heterocycles. The van der Waals surface area contributed by atoms with E-state index >= 15 is 8.78 Å². The van der Waals surface area contributed by atoms with Crippen LogP contribution in [0.4, 0.5) is 23.8 Å². The minimum atomic E-state index is -1.23. The molecule has 1 N–H and O–H groups in total. The minimum absolute atomic E-state index is 0.0857. The number of benzene rings is 1. The molecular formula is C25H19F3N4O2. The van der Waals surface area contributed by atoms with Crippen LogP contribution in [-0.2, 0) is 0 Å². The third-order valence-corrected chi connectivity index (χ3v) is 5.51. The van der Waals surface area contributed by atoms with E-state index < -0.39 is 35.6 Å². The molecule has 0 spiro atoms. The number of carboxylic acid groups (broad SMARTS) is 1. The highest BCUT2D eigenvalue weighted by molar-refractivity contribution is 5.83. The average molecular weight is 464 g/mol. The van der Waals surface area contributed by atoms with E-state index in [1.165, 1.54) is 74.0 Å². The molecule has 0 aliphatic carbocycles. The summed E-state index contributed by atoms with van der Waals surface area (Å²) in [4.78, 5) is 24.4. The Balaban J connectivity index is 2.00. The van der Waals surface area contributed by atoms with Crippen LogP contribution in [0.25, 0.3) is 0 Å². The summed E-state index contributed by atoms with van der Waals surface area (Å²) in [6, 6.07) is 16.3. The predicted molar refractivity (Wildman–Crippen MR) is 119 cm³/mol. The van der Waals surface area contributed by atoms with Crippen molar-refractivity contribution in [3.8, 4) is 0 Å². The van der Waals surface area contributed by atoms with Gasteiger partial charge in [-0.2, -0.15) is 8.78 Å². The summed E-state index contributed by atoms with van der Waals surface area (Å²) in [5, 5.41) is 9.38. The van der Waals surface area contributed by atoms with Crippen LogP contribution in [0.2, 0.25) is 0 Å². The minimum Gasteiger partial charge on any atom is -0.465 e. The normalized spacial score (nSPS) is 11.9. The topological polar surface area (TPSA) is 79.2 Å². The third kappa shape index (κ3) is 4.59. The molecule has 6 nitrogen and oxygen atoms in total. The number of amides is 1. The van der Waals surface area contributed by atoms with E-state index in [9.17, 15) is 14.3 Å². The molecule has 1 amide bonds. The lowest BCUT2D eigenvalue weighted by molar-refractivity contribution is 0.203. The molecular weight excluding hydrogens is 445 g/mol. The second-order valence-electron chi connectivity index (χ2n) is 7.54. The van der Waals surface area contributed by atoms with E-state index in [2.05, 4.69) is 15.0 Å². The van der Waals surface area contributed by atoms with Gasteiger partial charge < -0.3 is 5.11 Å². The van der Waals surface area contributed by atoms with Gasteiger partial charge in [-0.05, 0) is 42.0 Å². The standard InChI is InChI=1S/C25H19F3N4O2/c1-32(25(33)34)20-8-2-7-19(31-20)21(15-9-11-16(26)12-10-15)22(17-5-3-13-29-23(17)27)18-6-4-14-30-24(18)28/h2-14,21-22H,1H3,(H,33,34). The van der Waals surface area contributed by atoms with Gasteiger partial charge in [0, 0.05) is 42.4 Å². The summed E-state index contributed by atoms with van der Waals surface area (Å²) in [5.41, 5.74) is 1.01. The molecule has 1 atom stereocenters. The number of halogens is 3. The van der Waals surface area contributed by atoms with Crippen molar-refractivity contribution in [1.29, 1.82) is 0 Å². The van der Waals surface area contributed by atoms with Gasteiger partial charge in [-0.3, -0.25) is 4.90 Å². The van der Waals surface area contributed by atoms with E-state index in [4.69, 9.17) is 0 Å². The van der Waals surface area contributed by atoms with E-state index in [0.29, 0.717) is 11.3 Å². The fourth-order valence-corrected chi connectivity index (χ4v) is 3.89. The van der Waals surface area contributed by atoms with Gasteiger partial charge >= 0.3 is 6.09 Å². The van der Waals surface area contributed by atoms with Crippen LogP contribution in [-0.4, -0.2) is 33.2 Å². The second-order valence-corrected chi connectivity index (χ2v) is 7.54. The Bertz CT molecular complexity index is 1270. The molecule has 172 valence electrons. The Morgan fingerprint density at radius 3 is 1.94 bits per heavy atom. The van der Waals surface area contributed by atoms with Crippen LogP contribution >= 0.6 is 0 Å². The highest BCUT2D eigenvalue weighted by Gasteiger charge is 2.34. The summed E-state index contributed by atoms with van der Waals surface area (Å²) in [6.45, 7) is 0. The quantitative estimate of drug-likeness (QED) is 0.388. The zero-order valence-corrected chi connectivity index (χ0v) is 17.9. The maximum atomic E-state index is 15.0. The molecule has 1 unspecified atom stereocenters. The number of carbonyl (C=O) groups is 1. The van der Waals surface area contributed by atoms with Crippen molar-refractivity contribution in [1.82, 2.24) is 15.0 Å². The first-order valence-electron chi connectivity index (χ1n) is 10.3. The SMILES string of the molecule is CN(C(=O)O)c1cccc(C(c2ccc(F)cc2)C(c2cccnc2F)c2cccnc2F)n1. The van der Waals surface area contributed by atoms with Gasteiger partial charge in [0.1, 0.15) is 11.6 Å². The molecule has 0 saturated carbocycles. The van der Waals surface area contributed by atoms with Crippen LogP contribution in [0, 0.1) is 17.7 Å². The summed E-state index contributed by atoms with van der Waals surface area (Å²) < 4.78 is 43.8. The van der Waals surface area contributed by atoms with Crippen molar-refractivity contribution < 1.29 is 23.1 Å². The number of pyridine rings is 3. The van der Waals surface area contributed by atoms with Gasteiger partial charge in [0.05, 0.1) is 5.69 Å². The molecule has 0 aliphatic heterocycles. The molecule has 3 heterocycles. The third-order valence-electron chi connectivity index (χ3n) is 5.51. The molecule has 0 saturated heterocycles. The van der Waals surface area contributed by atoms with Gasteiger partial charge in [-0.25, -0.2) is 24.1 Å². The molecule has 0 aliphatic rings. The lowest BCUT2D eigenvalue weighted by atomic mass is 9.76. The number of hydrogen-bond donors (Lipinski definition) is 1. The Kier molecular flexibility index (Phi) is 6.53. The molecule has 4 rings (SSSR count). The lowest BCUT2D eigenvalue weighted by Gasteiger charge is -2.29. The van der Waals surface area contributed by atoms with Gasteiger partial charge in [0.25, 0.3) is 0 Å². The predicted octanol–water partition coefficient (Wildman–Crippen LogP) is 5.37. The summed E-state index contributed by atoms with van der Waals surface area (Å²) in [6.07, 6.45) is 1.34. The van der Waals surface area contributed by atoms with Crippen molar-refractivity contribution in [3.05, 3.63) is 119 Å². The van der Waals surface area contributed by atoms with Crippen molar-refractivity contribution in [2.75, 3.05) is 11.9 Å². The molecule has 4 aromatic rings. The summed E-state index contributed by atoms with van der Waals surface area (Å²) in [5.74, 6) is -3.80. The zero-order valence-electron chi connectivity index (χ0n) is 17.9. The molecule has 34 heavy (non-hydrogen) atoms. The lowest BCUT2D eigenvalue weighted by Crippen LogP contribution is -2.26. The van der Waals surface area contributed by atoms with Crippen LogP contribution in [0.15, 0.2) is 79.1 Å². The maximum Gasteiger partial charge on any atom is 0.412 e. The number of hydrogen-bond acceptors (Lipinski definition) is 4. The highest BCUT2D eigenvalue weighted by Crippen LogP contribution is 2.43. The van der Waals surface area contributed by atoms with Gasteiger partial charge in [-0.15, -0.1) is 0 Å². The van der Waals surface area contributed by atoms with Crippen LogP contribution in [0.5, 0.6) is 0 Å². The van der Waals surface area contributed by atoms with E-state index in [1.54, 1.807) is 12.1 Å². The van der Waals surface area contributed by atoms with E-state index in [0.717, 1.165) is 4.90 Å². The van der Waals surface area contributed by atoms with Crippen molar-refractivity contribution in [2.45, 2.75) is 11.8 Å². The number of rotatable bonds is 6. The first kappa shape index (κ1) is 22.9. The second kappa shape index (κ2) is 9.70. The molecule has 0 radical (unpaired) electrons. The van der Waals surface area contributed by atoms with Crippen molar-refractivity contribution >= 4 is 11.9 Å². The van der Waals surface area contributed by atoms with Crippen molar-refractivity contribution in [2.24, 2.45) is 0 Å². The van der Waals surface area contributed by atoms with Crippen LogP contribution < -0.4 is 4.90 Å². The van der Waals surface area contributed by atoms with Gasteiger partial charge in [-0.1, -0.05) is 30.3 Å². The average Bonchev–Trinajstić information content (AvgIpc) is 2.84. The van der Waals surface area contributed by atoms with Crippen LogP contribution in [0.1, 0.15) is 34.2 Å². The molecule has 1 aromatic carbocycles. The summed E-state index contributed by atoms with van der Waals surface area (Å²) in [7, 11) is 1.33. The molecule has 0 bridgehead atoms. The number of anilines is 1. The fraction of sp³-hybridized carbons (Fsp3) is 0.120. The smallest absolute Gasteiger partial charge is 0.412 e. The van der Waals surface area contributed by atoms with Gasteiger partial charge in [0.15, 0.2) is 0 Å². The molecule has 9 heteroatoms. The number of aromatic nitrogens is 3. The van der Waals surface area contributed by atoms with Crippen molar-refractivity contribution in [3.63, 3.8) is 0 Å². The first-order valence-corrected chi connectivity index (χ1v) is 10.3. The summed E-state index contributed by atoms with van der Waals surface area (Å²) >= 11 is 0. The number of nitrogens with zero attached hydrogens (tertiary/aromatic N) is 4. The Morgan fingerprint density at radius 2 is 1.41 bits per heavy atom. The Morgan fingerprint density at radius 1 is 0.824 bits per heavy atom. The zero-order chi connectivity index (χ0) is 24.2. The molecule has 0 fully saturated rings.